The second-order valence-electron chi connectivity index (χ2n) is 3.30. The average molecular weight is 233 g/mol. The van der Waals surface area contributed by atoms with Crippen LogP contribution in [0.1, 0.15) is 16.2 Å². The molecule has 17 heavy (non-hydrogen) atoms. The fraction of sp³-hybridized carbons (Fsp3) is 0.100. The van der Waals surface area contributed by atoms with E-state index in [1.165, 1.54) is 0 Å². The summed E-state index contributed by atoms with van der Waals surface area (Å²) in [4.78, 5) is 11.7. The van der Waals surface area contributed by atoms with Gasteiger partial charge in [-0.15, -0.1) is 5.10 Å². The van der Waals surface area contributed by atoms with E-state index in [1.807, 2.05) is 0 Å². The summed E-state index contributed by atoms with van der Waals surface area (Å²) in [6.45, 7) is 1.64. The number of nitrogens with zero attached hydrogens (tertiary/aromatic N) is 2. The Kier molecular flexibility index (Phi) is 3.01. The molecular formula is C10H11N5O2. The zero-order chi connectivity index (χ0) is 12.3. The summed E-state index contributed by atoms with van der Waals surface area (Å²) < 4.78 is 5.03. The van der Waals surface area contributed by atoms with Crippen molar-refractivity contribution in [3.63, 3.8) is 0 Å². The first-order chi connectivity index (χ1) is 8.19. The largest absolute Gasteiger partial charge is 0.408 e. The third kappa shape index (κ3) is 2.58. The highest BCUT2D eigenvalue weighted by Crippen LogP contribution is 2.10. The van der Waals surface area contributed by atoms with E-state index in [0.717, 1.165) is 5.69 Å². The van der Waals surface area contributed by atoms with E-state index in [1.54, 1.807) is 31.2 Å². The van der Waals surface area contributed by atoms with E-state index < -0.39 is 0 Å². The number of nitrogens with one attached hydrogen (secondary N) is 2. The number of nitrogens with two attached hydrogens (primary N) is 1. The van der Waals surface area contributed by atoms with E-state index >= 15 is 0 Å². The fourth-order valence-electron chi connectivity index (χ4n) is 1.23. The topological polar surface area (TPSA) is 106 Å². The van der Waals surface area contributed by atoms with Crippen molar-refractivity contribution in [1.29, 1.82) is 0 Å². The third-order valence-electron chi connectivity index (χ3n) is 2.06. The van der Waals surface area contributed by atoms with E-state index in [9.17, 15) is 4.79 Å². The second-order valence-corrected chi connectivity index (χ2v) is 3.30. The van der Waals surface area contributed by atoms with Crippen molar-refractivity contribution in [3.8, 4) is 0 Å². The number of benzene rings is 1. The maximum absolute atomic E-state index is 11.7. The van der Waals surface area contributed by atoms with Gasteiger partial charge in [-0.25, -0.2) is 0 Å². The van der Waals surface area contributed by atoms with Gasteiger partial charge in [-0.2, -0.15) is 0 Å². The molecule has 0 saturated carbocycles. The minimum atomic E-state index is -0.322. The zero-order valence-electron chi connectivity index (χ0n) is 9.10. The van der Waals surface area contributed by atoms with Crippen molar-refractivity contribution in [2.75, 3.05) is 10.7 Å². The summed E-state index contributed by atoms with van der Waals surface area (Å²) >= 11 is 0. The first kappa shape index (κ1) is 11.1. The SMILES string of the molecule is Cc1nnc(NC(=O)c2ccc(NN)cc2)o1. The quantitative estimate of drug-likeness (QED) is 0.537. The predicted molar refractivity (Wildman–Crippen MR) is 61.2 cm³/mol. The van der Waals surface area contributed by atoms with Crippen LogP contribution in [0.15, 0.2) is 28.7 Å². The molecular weight excluding hydrogens is 222 g/mol. The van der Waals surface area contributed by atoms with Gasteiger partial charge in [-0.1, -0.05) is 5.10 Å². The number of carbonyl (C=O) groups is 1. The normalized spacial score (nSPS) is 10.0. The van der Waals surface area contributed by atoms with Gasteiger partial charge in [-0.3, -0.25) is 16.0 Å². The molecule has 0 atom stereocenters. The van der Waals surface area contributed by atoms with Crippen molar-refractivity contribution >= 4 is 17.6 Å². The molecule has 0 fully saturated rings. The summed E-state index contributed by atoms with van der Waals surface area (Å²) in [5, 5.41) is 9.75. The van der Waals surface area contributed by atoms with Crippen LogP contribution >= 0.6 is 0 Å². The summed E-state index contributed by atoms with van der Waals surface area (Å²) in [6, 6.07) is 6.72. The predicted octanol–water partition coefficient (Wildman–Crippen LogP) is 0.916. The molecule has 0 unspecified atom stereocenters. The van der Waals surface area contributed by atoms with Crippen LogP contribution in [0.3, 0.4) is 0 Å². The van der Waals surface area contributed by atoms with Crippen molar-refractivity contribution in [2.24, 2.45) is 5.84 Å². The molecule has 7 heteroatoms. The smallest absolute Gasteiger partial charge is 0.322 e. The van der Waals surface area contributed by atoms with E-state index in [2.05, 4.69) is 20.9 Å². The van der Waals surface area contributed by atoms with Gasteiger partial charge in [0.2, 0.25) is 5.89 Å². The number of hydrogen-bond donors (Lipinski definition) is 3. The third-order valence-corrected chi connectivity index (χ3v) is 2.06. The lowest BCUT2D eigenvalue weighted by Gasteiger charge is -2.02. The molecule has 2 aromatic rings. The van der Waals surface area contributed by atoms with Crippen LogP contribution in [0.25, 0.3) is 0 Å². The van der Waals surface area contributed by atoms with Gasteiger partial charge in [0.15, 0.2) is 0 Å². The molecule has 0 saturated heterocycles. The molecule has 1 aromatic carbocycles. The van der Waals surface area contributed by atoms with Crippen LogP contribution in [0.2, 0.25) is 0 Å². The van der Waals surface area contributed by atoms with Crippen molar-refractivity contribution < 1.29 is 9.21 Å². The number of hydrogen-bond acceptors (Lipinski definition) is 6. The van der Waals surface area contributed by atoms with Crippen LogP contribution < -0.4 is 16.6 Å². The van der Waals surface area contributed by atoms with Gasteiger partial charge < -0.3 is 9.84 Å². The standard InChI is InChI=1S/C10H11N5O2/c1-6-14-15-10(17-6)12-9(16)7-2-4-8(13-11)5-3-7/h2-5,13H,11H2,1H3,(H,12,15,16). The van der Waals surface area contributed by atoms with Crippen molar-refractivity contribution in [3.05, 3.63) is 35.7 Å². The Hall–Kier alpha value is -2.41. The lowest BCUT2D eigenvalue weighted by Crippen LogP contribution is -2.12. The molecule has 7 nitrogen and oxygen atoms in total. The molecule has 0 spiro atoms. The highest BCUT2D eigenvalue weighted by Gasteiger charge is 2.09. The van der Waals surface area contributed by atoms with E-state index in [-0.39, 0.29) is 11.9 Å². The number of hydrazine groups is 1. The molecule has 0 aliphatic rings. The number of rotatable bonds is 3. The molecule has 0 aliphatic carbocycles. The molecule has 0 radical (unpaired) electrons. The van der Waals surface area contributed by atoms with Crippen molar-refractivity contribution in [2.45, 2.75) is 6.92 Å². The minimum Gasteiger partial charge on any atom is -0.408 e. The Balaban J connectivity index is 2.09. The maximum atomic E-state index is 11.7. The molecule has 4 N–H and O–H groups in total. The minimum absolute atomic E-state index is 0.0773. The first-order valence-corrected chi connectivity index (χ1v) is 4.87. The second kappa shape index (κ2) is 4.62. The number of anilines is 2. The van der Waals surface area contributed by atoms with E-state index in [0.29, 0.717) is 11.5 Å². The van der Waals surface area contributed by atoms with Crippen LogP contribution in [0, 0.1) is 6.92 Å². The average Bonchev–Trinajstić information content (AvgIpc) is 2.75. The highest BCUT2D eigenvalue weighted by molar-refractivity contribution is 6.03. The zero-order valence-corrected chi connectivity index (χ0v) is 9.10. The fourth-order valence-corrected chi connectivity index (χ4v) is 1.23. The molecule has 88 valence electrons. The van der Waals surface area contributed by atoms with Crippen LogP contribution in [-0.4, -0.2) is 16.1 Å². The van der Waals surface area contributed by atoms with Crippen LogP contribution in [0.5, 0.6) is 0 Å². The van der Waals surface area contributed by atoms with Gasteiger partial charge in [-0.05, 0) is 24.3 Å². The lowest BCUT2D eigenvalue weighted by atomic mass is 10.2. The Morgan fingerprint density at radius 1 is 1.29 bits per heavy atom. The van der Waals surface area contributed by atoms with Gasteiger partial charge in [0.05, 0.1) is 0 Å². The summed E-state index contributed by atoms with van der Waals surface area (Å²) in [5.41, 5.74) is 3.66. The number of aryl methyl sites for hydroxylation is 1. The molecule has 1 aromatic heterocycles. The number of carbonyl (C=O) groups excluding carboxylic acids is 1. The lowest BCUT2D eigenvalue weighted by molar-refractivity contribution is 0.102. The van der Waals surface area contributed by atoms with Gasteiger partial charge >= 0.3 is 6.01 Å². The van der Waals surface area contributed by atoms with Crippen molar-refractivity contribution in [1.82, 2.24) is 10.2 Å². The first-order valence-electron chi connectivity index (χ1n) is 4.87. The number of aromatic nitrogens is 2. The Bertz CT molecular complexity index is 520. The van der Waals surface area contributed by atoms with Gasteiger partial charge in [0.25, 0.3) is 5.91 Å². The van der Waals surface area contributed by atoms with Gasteiger partial charge in [0.1, 0.15) is 0 Å². The molecule has 0 aliphatic heterocycles. The van der Waals surface area contributed by atoms with Crippen LogP contribution in [0.4, 0.5) is 11.7 Å². The summed E-state index contributed by atoms with van der Waals surface area (Å²) in [6.07, 6.45) is 0. The van der Waals surface area contributed by atoms with Crippen LogP contribution in [-0.2, 0) is 0 Å². The van der Waals surface area contributed by atoms with E-state index in [4.69, 9.17) is 10.3 Å². The Morgan fingerprint density at radius 2 is 2.00 bits per heavy atom. The number of amides is 1. The Labute approximate surface area is 97.0 Å². The summed E-state index contributed by atoms with van der Waals surface area (Å²) in [7, 11) is 0. The maximum Gasteiger partial charge on any atom is 0.322 e. The highest BCUT2D eigenvalue weighted by atomic mass is 16.4. The van der Waals surface area contributed by atoms with Gasteiger partial charge in [0, 0.05) is 18.2 Å². The Morgan fingerprint density at radius 3 is 2.53 bits per heavy atom. The monoisotopic (exact) mass is 233 g/mol. The molecule has 1 amide bonds. The number of nitrogen functional groups attached to an aromatic ring is 1. The molecule has 1 heterocycles. The summed E-state index contributed by atoms with van der Waals surface area (Å²) in [5.74, 6) is 5.29. The molecule has 2 rings (SSSR count). The molecule has 0 bridgehead atoms.